The molecule has 1 aliphatic carbocycles. The largest absolute Gasteiger partial charge is 0.496 e. The molecule has 0 spiro atoms. The Bertz CT molecular complexity index is 958. The van der Waals surface area contributed by atoms with Crippen LogP contribution in [0.1, 0.15) is 41.9 Å². The second kappa shape index (κ2) is 9.64. The minimum atomic E-state index is 0.493. The smallest absolute Gasteiger partial charge is 0.123 e. The molecule has 1 N–H and O–H groups in total. The molecule has 3 nitrogen and oxygen atoms in total. The van der Waals surface area contributed by atoms with Crippen LogP contribution in [-0.2, 0) is 6.54 Å². The predicted octanol–water partition coefficient (Wildman–Crippen LogP) is 5.47. The molecule has 0 saturated carbocycles. The van der Waals surface area contributed by atoms with E-state index in [0.29, 0.717) is 23.9 Å². The lowest BCUT2D eigenvalue weighted by Crippen LogP contribution is -2.65. The number of ether oxygens (including phenoxy) is 1. The van der Waals surface area contributed by atoms with Crippen molar-refractivity contribution in [3.05, 3.63) is 89.5 Å². The third kappa shape index (κ3) is 4.29. The first kappa shape index (κ1) is 21.5. The molecule has 168 valence electrons. The van der Waals surface area contributed by atoms with Gasteiger partial charge in [0.05, 0.1) is 7.11 Å². The SMILES string of the molecule is COc1ccc(C)cc1CN[C@H]1C2CCN(CC2)[C@H]1C(c1ccccc1)C1C=CC=CC1. The summed E-state index contributed by atoms with van der Waals surface area (Å²) in [7, 11) is 1.78. The summed E-state index contributed by atoms with van der Waals surface area (Å²) in [5.74, 6) is 2.78. The standard InChI is InChI=1S/C29H36N2O/c1-21-13-14-26(32-2)25(19-21)20-30-28-24-15-17-31(18-16-24)29(28)27(22-9-5-3-6-10-22)23-11-7-4-8-12-23/h3-11,13-14,19,23-24,27-30H,12,15-18,20H2,1-2H3/t23?,27?,28-,29-/m0/s1. The number of aryl methyl sites for hydroxylation is 1. The lowest BCUT2D eigenvalue weighted by molar-refractivity contribution is -0.00773. The van der Waals surface area contributed by atoms with E-state index in [0.717, 1.165) is 24.6 Å². The molecule has 3 heterocycles. The van der Waals surface area contributed by atoms with Crippen LogP contribution in [0.4, 0.5) is 0 Å². The van der Waals surface area contributed by atoms with Crippen LogP contribution in [0.2, 0.25) is 0 Å². The normalized spacial score (nSPS) is 29.8. The Morgan fingerprint density at radius 1 is 1.06 bits per heavy atom. The van der Waals surface area contributed by atoms with Gasteiger partial charge in [0, 0.05) is 30.1 Å². The van der Waals surface area contributed by atoms with Crippen molar-refractivity contribution in [3.63, 3.8) is 0 Å². The summed E-state index contributed by atoms with van der Waals surface area (Å²) in [5.41, 5.74) is 4.03. The van der Waals surface area contributed by atoms with Crippen molar-refractivity contribution in [1.29, 1.82) is 0 Å². The van der Waals surface area contributed by atoms with Gasteiger partial charge in [0.25, 0.3) is 0 Å². The van der Waals surface area contributed by atoms with Crippen molar-refractivity contribution in [1.82, 2.24) is 10.2 Å². The molecule has 2 aromatic carbocycles. The van der Waals surface area contributed by atoms with Gasteiger partial charge in [-0.1, -0.05) is 72.3 Å². The molecule has 4 atom stereocenters. The highest BCUT2D eigenvalue weighted by atomic mass is 16.5. The predicted molar refractivity (Wildman–Crippen MR) is 132 cm³/mol. The maximum absolute atomic E-state index is 5.67. The van der Waals surface area contributed by atoms with Gasteiger partial charge in [-0.2, -0.15) is 0 Å². The Morgan fingerprint density at radius 2 is 1.88 bits per heavy atom. The molecule has 3 heteroatoms. The van der Waals surface area contributed by atoms with Crippen LogP contribution in [0.3, 0.4) is 0 Å². The van der Waals surface area contributed by atoms with Gasteiger partial charge >= 0.3 is 0 Å². The number of piperidine rings is 3. The van der Waals surface area contributed by atoms with Crippen molar-refractivity contribution in [2.24, 2.45) is 11.8 Å². The van der Waals surface area contributed by atoms with E-state index in [1.54, 1.807) is 7.11 Å². The van der Waals surface area contributed by atoms with E-state index >= 15 is 0 Å². The number of rotatable bonds is 7. The Labute approximate surface area is 193 Å². The second-order valence-corrected chi connectivity index (χ2v) is 9.74. The van der Waals surface area contributed by atoms with Crippen LogP contribution in [0.25, 0.3) is 0 Å². The number of allylic oxidation sites excluding steroid dienone is 4. The first-order valence-corrected chi connectivity index (χ1v) is 12.2. The molecule has 0 aromatic heterocycles. The highest BCUT2D eigenvalue weighted by Crippen LogP contribution is 2.44. The van der Waals surface area contributed by atoms with E-state index in [-0.39, 0.29) is 0 Å². The molecule has 4 aliphatic rings. The Morgan fingerprint density at radius 3 is 2.59 bits per heavy atom. The zero-order valence-electron chi connectivity index (χ0n) is 19.4. The van der Waals surface area contributed by atoms with Gasteiger partial charge < -0.3 is 10.1 Å². The quantitative estimate of drug-likeness (QED) is 0.633. The molecule has 2 bridgehead atoms. The number of benzene rings is 2. The second-order valence-electron chi connectivity index (χ2n) is 9.74. The number of nitrogens with zero attached hydrogens (tertiary/aromatic N) is 1. The van der Waals surface area contributed by atoms with Crippen LogP contribution >= 0.6 is 0 Å². The number of nitrogens with one attached hydrogen (secondary N) is 1. The number of hydrogen-bond donors (Lipinski definition) is 1. The fourth-order valence-electron chi connectivity index (χ4n) is 6.33. The van der Waals surface area contributed by atoms with Crippen molar-refractivity contribution in [3.8, 4) is 5.75 Å². The zero-order valence-corrected chi connectivity index (χ0v) is 19.4. The van der Waals surface area contributed by atoms with Gasteiger partial charge in [-0.25, -0.2) is 0 Å². The minimum Gasteiger partial charge on any atom is -0.496 e. The van der Waals surface area contributed by atoms with E-state index in [9.17, 15) is 0 Å². The number of hydrogen-bond acceptors (Lipinski definition) is 3. The molecule has 3 saturated heterocycles. The van der Waals surface area contributed by atoms with Crippen LogP contribution < -0.4 is 10.1 Å². The molecular weight excluding hydrogens is 392 g/mol. The molecule has 3 aliphatic heterocycles. The van der Waals surface area contributed by atoms with Gasteiger partial charge in [-0.15, -0.1) is 0 Å². The van der Waals surface area contributed by atoms with Gasteiger partial charge in [0.2, 0.25) is 0 Å². The monoisotopic (exact) mass is 428 g/mol. The lowest BCUT2D eigenvalue weighted by atomic mass is 9.67. The maximum atomic E-state index is 5.67. The van der Waals surface area contributed by atoms with Crippen molar-refractivity contribution in [2.45, 2.75) is 50.7 Å². The average Bonchev–Trinajstić information content (AvgIpc) is 2.85. The van der Waals surface area contributed by atoms with Crippen molar-refractivity contribution >= 4 is 0 Å². The first-order chi connectivity index (χ1) is 15.7. The van der Waals surface area contributed by atoms with Gasteiger partial charge in [0.1, 0.15) is 5.75 Å². The third-order valence-electron chi connectivity index (χ3n) is 7.86. The summed E-state index contributed by atoms with van der Waals surface area (Å²) in [5, 5.41) is 4.05. The zero-order chi connectivity index (χ0) is 21.9. The Balaban J connectivity index is 1.46. The average molecular weight is 429 g/mol. The highest BCUT2D eigenvalue weighted by molar-refractivity contribution is 5.37. The molecule has 2 unspecified atom stereocenters. The van der Waals surface area contributed by atoms with Gasteiger partial charge in [-0.3, -0.25) is 4.90 Å². The number of methoxy groups -OCH3 is 1. The van der Waals surface area contributed by atoms with Crippen LogP contribution in [-0.4, -0.2) is 37.2 Å². The van der Waals surface area contributed by atoms with E-state index in [4.69, 9.17) is 4.74 Å². The van der Waals surface area contributed by atoms with Gasteiger partial charge in [0.15, 0.2) is 0 Å². The summed E-state index contributed by atoms with van der Waals surface area (Å²) in [4.78, 5) is 2.79. The van der Waals surface area contributed by atoms with Crippen LogP contribution in [0.15, 0.2) is 72.8 Å². The van der Waals surface area contributed by atoms with E-state index < -0.39 is 0 Å². The molecule has 0 radical (unpaired) electrons. The third-order valence-corrected chi connectivity index (χ3v) is 7.86. The molecule has 32 heavy (non-hydrogen) atoms. The Hall–Kier alpha value is -2.36. The van der Waals surface area contributed by atoms with E-state index in [1.165, 1.54) is 42.6 Å². The summed E-state index contributed by atoms with van der Waals surface area (Å²) in [6, 6.07) is 18.8. The maximum Gasteiger partial charge on any atom is 0.123 e. The molecular formula is C29H36N2O. The molecule has 0 amide bonds. The highest BCUT2D eigenvalue weighted by Gasteiger charge is 2.47. The molecule has 3 fully saturated rings. The molecule has 2 aromatic rings. The van der Waals surface area contributed by atoms with E-state index in [1.807, 2.05) is 0 Å². The summed E-state index contributed by atoms with van der Waals surface area (Å²) in [6.07, 6.45) is 13.0. The van der Waals surface area contributed by atoms with Crippen molar-refractivity contribution < 1.29 is 4.74 Å². The van der Waals surface area contributed by atoms with E-state index in [2.05, 4.69) is 90.0 Å². The summed E-state index contributed by atoms with van der Waals surface area (Å²) < 4.78 is 5.67. The van der Waals surface area contributed by atoms with Crippen LogP contribution in [0, 0.1) is 18.8 Å². The fraction of sp³-hybridized carbons (Fsp3) is 0.448. The Kier molecular flexibility index (Phi) is 6.47. The van der Waals surface area contributed by atoms with Crippen molar-refractivity contribution in [2.75, 3.05) is 20.2 Å². The summed E-state index contributed by atoms with van der Waals surface area (Å²) in [6.45, 7) is 5.49. The topological polar surface area (TPSA) is 24.5 Å². The fourth-order valence-corrected chi connectivity index (χ4v) is 6.33. The first-order valence-electron chi connectivity index (χ1n) is 12.2. The molecule has 6 rings (SSSR count). The van der Waals surface area contributed by atoms with Gasteiger partial charge in [-0.05, 0) is 62.7 Å². The summed E-state index contributed by atoms with van der Waals surface area (Å²) >= 11 is 0. The van der Waals surface area contributed by atoms with Crippen LogP contribution in [0.5, 0.6) is 5.75 Å². The number of fused-ring (bicyclic) bond motifs is 3. The lowest BCUT2D eigenvalue weighted by Gasteiger charge is -2.55. The minimum absolute atomic E-state index is 0.493.